The third kappa shape index (κ3) is 7.23. The third-order valence-corrected chi connectivity index (χ3v) is 4.42. The molecule has 0 fully saturated rings. The Balaban J connectivity index is 1.76. The first kappa shape index (κ1) is 20.6. The number of benzene rings is 2. The number of ether oxygens (including phenoxy) is 1. The van der Waals surface area contributed by atoms with Gasteiger partial charge in [0.05, 0.1) is 5.56 Å². The molecule has 0 spiro atoms. The molecule has 0 bridgehead atoms. The van der Waals surface area contributed by atoms with E-state index in [0.29, 0.717) is 30.7 Å². The van der Waals surface area contributed by atoms with Gasteiger partial charge < -0.3 is 15.0 Å². The molecule has 0 heterocycles. The summed E-state index contributed by atoms with van der Waals surface area (Å²) in [6.45, 7) is 7.14. The highest BCUT2D eigenvalue weighted by atomic mass is 16.5. The Labute approximate surface area is 161 Å². The Kier molecular flexibility index (Phi) is 8.52. The molecule has 5 heteroatoms. The minimum atomic E-state index is -0.343. The van der Waals surface area contributed by atoms with Crippen molar-refractivity contribution < 1.29 is 14.3 Å². The lowest BCUT2D eigenvalue weighted by Crippen LogP contribution is -2.27. The first-order valence-electron chi connectivity index (χ1n) is 9.45. The third-order valence-electron chi connectivity index (χ3n) is 4.42. The fraction of sp³-hybridized carbons (Fsp3) is 0.364. The van der Waals surface area contributed by atoms with E-state index < -0.39 is 0 Å². The summed E-state index contributed by atoms with van der Waals surface area (Å²) in [6.07, 6.45) is 1.11. The maximum Gasteiger partial charge on any atom is 0.338 e. The normalized spacial score (nSPS) is 10.6. The van der Waals surface area contributed by atoms with Crippen LogP contribution >= 0.6 is 0 Å². The van der Waals surface area contributed by atoms with Crippen LogP contribution in [0.25, 0.3) is 0 Å². The smallest absolute Gasteiger partial charge is 0.338 e. The summed E-state index contributed by atoms with van der Waals surface area (Å²) < 4.78 is 5.30. The average molecular weight is 368 g/mol. The van der Waals surface area contributed by atoms with Gasteiger partial charge in [0.1, 0.15) is 6.61 Å². The second-order valence-electron chi connectivity index (χ2n) is 6.27. The Morgan fingerprint density at radius 1 is 0.963 bits per heavy atom. The molecule has 2 aromatic carbocycles. The van der Waals surface area contributed by atoms with Crippen LogP contribution in [0.3, 0.4) is 0 Å². The molecule has 0 unspecified atom stereocenters. The lowest BCUT2D eigenvalue weighted by atomic mass is 10.1. The number of nitrogens with zero attached hydrogens (tertiary/aromatic N) is 1. The number of hydrogen-bond donors (Lipinski definition) is 1. The molecule has 0 aliphatic rings. The van der Waals surface area contributed by atoms with Crippen LogP contribution in [0.4, 0.5) is 5.69 Å². The van der Waals surface area contributed by atoms with Crippen molar-refractivity contribution in [3.05, 3.63) is 65.7 Å². The van der Waals surface area contributed by atoms with Gasteiger partial charge in [-0.25, -0.2) is 4.79 Å². The van der Waals surface area contributed by atoms with E-state index in [1.54, 1.807) is 24.3 Å². The molecule has 0 aliphatic heterocycles. The summed E-state index contributed by atoms with van der Waals surface area (Å²) in [5.41, 5.74) is 2.29. The van der Waals surface area contributed by atoms with E-state index in [-0.39, 0.29) is 11.9 Å². The predicted molar refractivity (Wildman–Crippen MR) is 108 cm³/mol. The van der Waals surface area contributed by atoms with Crippen LogP contribution < -0.4 is 5.32 Å². The van der Waals surface area contributed by atoms with Crippen molar-refractivity contribution in [3.63, 3.8) is 0 Å². The standard InChI is InChI=1S/C22H28N2O3/c1-3-24(4-2)16-17-27-22(26)19-11-13-20(14-12-19)23-21(25)15-10-18-8-6-5-7-9-18/h5-9,11-14H,3-4,10,15-17H2,1-2H3,(H,23,25). The predicted octanol–water partition coefficient (Wildman–Crippen LogP) is 3.76. The quantitative estimate of drug-likeness (QED) is 0.649. The van der Waals surface area contributed by atoms with Gasteiger partial charge in [0.25, 0.3) is 0 Å². The van der Waals surface area contributed by atoms with Gasteiger partial charge in [-0.2, -0.15) is 0 Å². The van der Waals surface area contributed by atoms with Gasteiger partial charge in [0.2, 0.25) is 5.91 Å². The number of carbonyl (C=O) groups is 2. The summed E-state index contributed by atoms with van der Waals surface area (Å²) in [4.78, 5) is 26.3. The van der Waals surface area contributed by atoms with Crippen LogP contribution in [0.15, 0.2) is 54.6 Å². The number of aryl methyl sites for hydroxylation is 1. The van der Waals surface area contributed by atoms with E-state index in [0.717, 1.165) is 25.2 Å². The van der Waals surface area contributed by atoms with Crippen molar-refractivity contribution in [2.24, 2.45) is 0 Å². The highest BCUT2D eigenvalue weighted by Gasteiger charge is 2.09. The zero-order chi connectivity index (χ0) is 19.5. The summed E-state index contributed by atoms with van der Waals surface area (Å²) in [5, 5.41) is 2.85. The van der Waals surface area contributed by atoms with Crippen LogP contribution in [0.5, 0.6) is 0 Å². The summed E-state index contributed by atoms with van der Waals surface area (Å²) in [5.74, 6) is -0.391. The van der Waals surface area contributed by atoms with Crippen LogP contribution in [-0.4, -0.2) is 43.0 Å². The summed E-state index contributed by atoms with van der Waals surface area (Å²) in [6, 6.07) is 16.7. The van der Waals surface area contributed by atoms with Gasteiger partial charge in [-0.05, 0) is 49.3 Å². The molecule has 5 nitrogen and oxygen atoms in total. The maximum atomic E-state index is 12.1. The van der Waals surface area contributed by atoms with Crippen LogP contribution in [-0.2, 0) is 16.0 Å². The zero-order valence-electron chi connectivity index (χ0n) is 16.1. The van der Waals surface area contributed by atoms with Crippen LogP contribution in [0.1, 0.15) is 36.2 Å². The van der Waals surface area contributed by atoms with Gasteiger partial charge in [-0.15, -0.1) is 0 Å². The van der Waals surface area contributed by atoms with Gasteiger partial charge >= 0.3 is 5.97 Å². The van der Waals surface area contributed by atoms with Crippen LogP contribution in [0, 0.1) is 0 Å². The maximum absolute atomic E-state index is 12.1. The molecule has 0 saturated carbocycles. The molecule has 1 N–H and O–H groups in total. The fourth-order valence-corrected chi connectivity index (χ4v) is 2.71. The first-order valence-corrected chi connectivity index (χ1v) is 9.45. The number of rotatable bonds is 10. The molecular weight excluding hydrogens is 340 g/mol. The number of amides is 1. The Morgan fingerprint density at radius 2 is 1.63 bits per heavy atom. The van der Waals surface area contributed by atoms with Crippen molar-refractivity contribution in [1.82, 2.24) is 4.90 Å². The summed E-state index contributed by atoms with van der Waals surface area (Å²) >= 11 is 0. The molecule has 0 radical (unpaired) electrons. The van der Waals surface area contributed by atoms with E-state index in [4.69, 9.17) is 4.74 Å². The van der Waals surface area contributed by atoms with Crippen molar-refractivity contribution >= 4 is 17.6 Å². The lowest BCUT2D eigenvalue weighted by Gasteiger charge is -2.17. The summed E-state index contributed by atoms with van der Waals surface area (Å²) in [7, 11) is 0. The minimum Gasteiger partial charge on any atom is -0.461 e. The first-order chi connectivity index (χ1) is 13.1. The SMILES string of the molecule is CCN(CC)CCOC(=O)c1ccc(NC(=O)CCc2ccccc2)cc1. The molecule has 144 valence electrons. The molecule has 1 amide bonds. The lowest BCUT2D eigenvalue weighted by molar-refractivity contribution is -0.116. The van der Waals surface area contributed by atoms with Gasteiger partial charge in [-0.3, -0.25) is 4.79 Å². The molecule has 0 saturated heterocycles. The Morgan fingerprint density at radius 3 is 2.26 bits per heavy atom. The Hall–Kier alpha value is -2.66. The van der Waals surface area contributed by atoms with Crippen molar-refractivity contribution in [1.29, 1.82) is 0 Å². The van der Waals surface area contributed by atoms with E-state index in [1.807, 2.05) is 30.3 Å². The van der Waals surface area contributed by atoms with Gasteiger partial charge in [0.15, 0.2) is 0 Å². The highest BCUT2D eigenvalue weighted by molar-refractivity contribution is 5.93. The second kappa shape index (κ2) is 11.1. The van der Waals surface area contributed by atoms with E-state index >= 15 is 0 Å². The largest absolute Gasteiger partial charge is 0.461 e. The monoisotopic (exact) mass is 368 g/mol. The molecular formula is C22H28N2O3. The average Bonchev–Trinajstić information content (AvgIpc) is 2.71. The highest BCUT2D eigenvalue weighted by Crippen LogP contribution is 2.12. The number of nitrogens with one attached hydrogen (secondary N) is 1. The molecule has 2 rings (SSSR count). The molecule has 0 atom stereocenters. The van der Waals surface area contributed by atoms with Crippen molar-refractivity contribution in [3.8, 4) is 0 Å². The topological polar surface area (TPSA) is 58.6 Å². The molecule has 0 aromatic heterocycles. The molecule has 2 aromatic rings. The second-order valence-corrected chi connectivity index (χ2v) is 6.27. The van der Waals surface area contributed by atoms with Gasteiger partial charge in [-0.1, -0.05) is 44.2 Å². The number of anilines is 1. The zero-order valence-corrected chi connectivity index (χ0v) is 16.1. The van der Waals surface area contributed by atoms with Crippen molar-refractivity contribution in [2.75, 3.05) is 31.6 Å². The number of hydrogen-bond acceptors (Lipinski definition) is 4. The minimum absolute atomic E-state index is 0.0478. The van der Waals surface area contributed by atoms with E-state index in [1.165, 1.54) is 0 Å². The molecule has 0 aliphatic carbocycles. The number of likely N-dealkylation sites (N-methyl/N-ethyl adjacent to an activating group) is 1. The van der Waals surface area contributed by atoms with Crippen LogP contribution in [0.2, 0.25) is 0 Å². The fourth-order valence-electron chi connectivity index (χ4n) is 2.71. The van der Waals surface area contributed by atoms with Crippen molar-refractivity contribution in [2.45, 2.75) is 26.7 Å². The molecule has 27 heavy (non-hydrogen) atoms. The number of carbonyl (C=O) groups excluding carboxylic acids is 2. The number of esters is 1. The van der Waals surface area contributed by atoms with Gasteiger partial charge in [0, 0.05) is 18.7 Å². The van der Waals surface area contributed by atoms with E-state index in [2.05, 4.69) is 24.1 Å². The Bertz CT molecular complexity index is 710. The van der Waals surface area contributed by atoms with E-state index in [9.17, 15) is 9.59 Å².